The molecule has 0 bridgehead atoms. The number of fused-ring (bicyclic) bond motifs is 2. The van der Waals surface area contributed by atoms with Gasteiger partial charge in [0.1, 0.15) is 18.6 Å². The van der Waals surface area contributed by atoms with Crippen LogP contribution in [0.5, 0.6) is 0 Å². The van der Waals surface area contributed by atoms with Crippen LogP contribution in [-0.2, 0) is 25.4 Å². The number of hydrogen-bond acceptors (Lipinski definition) is 5. The minimum absolute atomic E-state index is 0.0825. The lowest BCUT2D eigenvalue weighted by Gasteiger charge is -2.16. The Labute approximate surface area is 254 Å². The predicted octanol–water partition coefficient (Wildman–Crippen LogP) is 6.09. The molecule has 16 heteroatoms. The molecule has 0 aliphatic carbocycles. The van der Waals surface area contributed by atoms with Crippen LogP contribution in [0.4, 0.5) is 42.1 Å². The van der Waals surface area contributed by atoms with Gasteiger partial charge in [0.25, 0.3) is 5.91 Å². The molecular weight excluding hydrogens is 611 g/mol. The maximum Gasteiger partial charge on any atom is 0.405 e. The Bertz CT molecular complexity index is 1640. The smallest absolute Gasteiger partial charge is 0.355 e. The zero-order chi connectivity index (χ0) is 33.7. The zero-order valence-electron chi connectivity index (χ0n) is 25.1. The summed E-state index contributed by atoms with van der Waals surface area (Å²) in [5.41, 5.74) is 4.55. The third kappa shape index (κ3) is 9.43. The van der Waals surface area contributed by atoms with Crippen LogP contribution >= 0.6 is 0 Å². The molecular formula is C29H32F7N7O2. The van der Waals surface area contributed by atoms with E-state index in [4.69, 9.17) is 0 Å². The highest BCUT2D eigenvalue weighted by Gasteiger charge is 2.33. The van der Waals surface area contributed by atoms with Gasteiger partial charge in [0.2, 0.25) is 5.91 Å². The molecule has 0 saturated heterocycles. The standard InChI is InChI=1S/C20H17F4N5O2.C6H10N2.C3H5F3/c1-28-18-12(7-26-28)5-13(6-14(18)21)27-15-4-2-3-11-8-29(19(31)17(11)15)9-16(30)25-10-20(22,23)24;1-5-4-7-8(3)6(5)2;1-2-3(4,5)6/h2-7,27H,8-10H2,1H3,(H,25,30);4H,1-3H3;2H2,1H3. The Hall–Kier alpha value is -4.63. The molecule has 2 aromatic heterocycles. The number of hydrogen-bond donors (Lipinski definition) is 2. The molecule has 1 aliphatic rings. The summed E-state index contributed by atoms with van der Waals surface area (Å²) in [5.74, 6) is -1.89. The summed E-state index contributed by atoms with van der Waals surface area (Å²) in [6.45, 7) is 3.32. The minimum Gasteiger partial charge on any atom is -0.355 e. The number of anilines is 2. The molecule has 3 heterocycles. The van der Waals surface area contributed by atoms with Gasteiger partial charge in [0.05, 0.1) is 23.6 Å². The van der Waals surface area contributed by atoms with Gasteiger partial charge >= 0.3 is 12.4 Å². The van der Waals surface area contributed by atoms with E-state index in [1.54, 1.807) is 36.6 Å². The summed E-state index contributed by atoms with van der Waals surface area (Å²) in [5, 5.41) is 13.4. The average molecular weight is 644 g/mol. The Morgan fingerprint density at radius 3 is 2.16 bits per heavy atom. The Morgan fingerprint density at radius 1 is 0.978 bits per heavy atom. The molecule has 4 aromatic rings. The molecule has 0 saturated carbocycles. The van der Waals surface area contributed by atoms with Gasteiger partial charge in [-0.3, -0.25) is 19.0 Å². The van der Waals surface area contributed by atoms with Crippen molar-refractivity contribution in [1.29, 1.82) is 0 Å². The van der Waals surface area contributed by atoms with Crippen LogP contribution in [0.15, 0.2) is 42.7 Å². The molecule has 0 unspecified atom stereocenters. The quantitative estimate of drug-likeness (QED) is 0.257. The van der Waals surface area contributed by atoms with Crippen molar-refractivity contribution in [3.8, 4) is 0 Å². The van der Waals surface area contributed by atoms with Crippen molar-refractivity contribution >= 4 is 34.1 Å². The zero-order valence-corrected chi connectivity index (χ0v) is 25.1. The van der Waals surface area contributed by atoms with Crippen molar-refractivity contribution in [3.05, 3.63) is 70.9 Å². The number of aryl methyl sites for hydroxylation is 3. The first-order chi connectivity index (χ1) is 20.9. The van der Waals surface area contributed by atoms with E-state index in [1.165, 1.54) is 28.2 Å². The van der Waals surface area contributed by atoms with Gasteiger partial charge in [-0.1, -0.05) is 19.1 Å². The molecule has 2 N–H and O–H groups in total. The van der Waals surface area contributed by atoms with Crippen molar-refractivity contribution < 1.29 is 40.3 Å². The second-order valence-electron chi connectivity index (χ2n) is 10.2. The summed E-state index contributed by atoms with van der Waals surface area (Å²) in [6.07, 6.45) is -5.83. The van der Waals surface area contributed by atoms with Crippen LogP contribution in [0.3, 0.4) is 0 Å². The molecule has 0 atom stereocenters. The molecule has 0 fully saturated rings. The molecule has 9 nitrogen and oxygen atoms in total. The molecule has 2 aromatic carbocycles. The summed E-state index contributed by atoms with van der Waals surface area (Å²) in [6, 6.07) is 7.99. The van der Waals surface area contributed by atoms with Gasteiger partial charge in [-0.15, -0.1) is 0 Å². The van der Waals surface area contributed by atoms with E-state index in [1.807, 2.05) is 17.9 Å². The van der Waals surface area contributed by atoms with Crippen molar-refractivity contribution in [1.82, 2.24) is 29.8 Å². The first-order valence-electron chi connectivity index (χ1n) is 13.5. The third-order valence-electron chi connectivity index (χ3n) is 6.78. The Balaban J connectivity index is 0.000000326. The van der Waals surface area contributed by atoms with Gasteiger partial charge in [-0.2, -0.15) is 36.5 Å². The van der Waals surface area contributed by atoms with Crippen LogP contribution in [0.2, 0.25) is 0 Å². The van der Waals surface area contributed by atoms with E-state index in [0.717, 1.165) is 11.8 Å². The molecule has 0 radical (unpaired) electrons. The number of rotatable bonds is 5. The SMILES string of the molecule is CCC(F)(F)F.Cc1cnn(C)c1C.Cn1ncc2cc(Nc3cccc4c3C(=O)N(CC(=O)NCC(F)(F)F)C4)cc(F)c21. The highest BCUT2D eigenvalue weighted by molar-refractivity contribution is 6.05. The van der Waals surface area contributed by atoms with Crippen LogP contribution in [-0.4, -0.2) is 61.7 Å². The van der Waals surface area contributed by atoms with Gasteiger partial charge < -0.3 is 15.5 Å². The summed E-state index contributed by atoms with van der Waals surface area (Å²) in [4.78, 5) is 25.8. The van der Waals surface area contributed by atoms with E-state index < -0.39 is 49.5 Å². The fraction of sp³-hybridized carbons (Fsp3) is 0.379. The lowest BCUT2D eigenvalue weighted by Crippen LogP contribution is -2.41. The van der Waals surface area contributed by atoms with Gasteiger partial charge in [0, 0.05) is 43.8 Å². The number of amides is 2. The van der Waals surface area contributed by atoms with Crippen LogP contribution in [0.25, 0.3) is 10.9 Å². The largest absolute Gasteiger partial charge is 0.405 e. The number of carbonyl (C=O) groups is 2. The second-order valence-corrected chi connectivity index (χ2v) is 10.2. The van der Waals surface area contributed by atoms with E-state index in [2.05, 4.69) is 29.4 Å². The highest BCUT2D eigenvalue weighted by atomic mass is 19.4. The van der Waals surface area contributed by atoms with Gasteiger partial charge in [-0.25, -0.2) is 4.39 Å². The normalized spacial score (nSPS) is 12.7. The molecule has 45 heavy (non-hydrogen) atoms. The van der Waals surface area contributed by atoms with Crippen molar-refractivity contribution in [2.75, 3.05) is 18.4 Å². The van der Waals surface area contributed by atoms with Crippen molar-refractivity contribution in [2.45, 2.75) is 46.1 Å². The van der Waals surface area contributed by atoms with Crippen molar-refractivity contribution in [2.24, 2.45) is 14.1 Å². The number of halogens is 7. The fourth-order valence-electron chi connectivity index (χ4n) is 4.18. The van der Waals surface area contributed by atoms with Crippen LogP contribution in [0.1, 0.15) is 40.5 Å². The molecule has 0 spiro atoms. The lowest BCUT2D eigenvalue weighted by atomic mass is 10.1. The van der Waals surface area contributed by atoms with Gasteiger partial charge in [0.15, 0.2) is 5.82 Å². The highest BCUT2D eigenvalue weighted by Crippen LogP contribution is 2.32. The van der Waals surface area contributed by atoms with E-state index in [-0.39, 0.29) is 12.1 Å². The number of benzene rings is 2. The van der Waals surface area contributed by atoms with E-state index in [0.29, 0.717) is 27.8 Å². The second kappa shape index (κ2) is 14.0. The Kier molecular flexibility index (Phi) is 10.8. The summed E-state index contributed by atoms with van der Waals surface area (Å²) >= 11 is 0. The lowest BCUT2D eigenvalue weighted by molar-refractivity contribution is -0.138. The van der Waals surface area contributed by atoms with Crippen LogP contribution < -0.4 is 10.6 Å². The summed E-state index contributed by atoms with van der Waals surface area (Å²) in [7, 11) is 3.57. The monoisotopic (exact) mass is 643 g/mol. The first-order valence-corrected chi connectivity index (χ1v) is 13.5. The first kappa shape index (κ1) is 34.9. The van der Waals surface area contributed by atoms with E-state index in [9.17, 15) is 40.3 Å². The van der Waals surface area contributed by atoms with Crippen molar-refractivity contribution in [3.63, 3.8) is 0 Å². The topological polar surface area (TPSA) is 97.1 Å². The maximum atomic E-state index is 14.5. The summed E-state index contributed by atoms with van der Waals surface area (Å²) < 4.78 is 86.9. The number of aromatic nitrogens is 4. The molecule has 244 valence electrons. The number of nitrogens with one attached hydrogen (secondary N) is 2. The third-order valence-corrected chi connectivity index (χ3v) is 6.78. The van der Waals surface area contributed by atoms with Crippen LogP contribution in [0, 0.1) is 19.7 Å². The molecule has 2 amide bonds. The molecule has 5 rings (SSSR count). The number of carbonyl (C=O) groups excluding carboxylic acids is 2. The maximum absolute atomic E-state index is 14.5. The predicted molar refractivity (Wildman–Crippen MR) is 153 cm³/mol. The number of nitrogens with zero attached hydrogens (tertiary/aromatic N) is 5. The molecule has 1 aliphatic heterocycles. The van der Waals surface area contributed by atoms with Gasteiger partial charge in [-0.05, 0) is 43.2 Å². The number of alkyl halides is 6. The Morgan fingerprint density at radius 2 is 1.62 bits per heavy atom. The average Bonchev–Trinajstić information content (AvgIpc) is 3.58. The fourth-order valence-corrected chi connectivity index (χ4v) is 4.18. The van der Waals surface area contributed by atoms with E-state index >= 15 is 0 Å². The minimum atomic E-state index is -4.53.